The van der Waals surface area contributed by atoms with Crippen molar-refractivity contribution in [2.75, 3.05) is 13.2 Å². The van der Waals surface area contributed by atoms with E-state index in [1.807, 2.05) is 0 Å². The SMILES string of the molecule is CCCCCCNC(=O)CCC(NS(=O)NC(C(=O)O)C(C)O)c1nc(C(N)CO)no1. The molecule has 0 aliphatic rings. The van der Waals surface area contributed by atoms with Crippen molar-refractivity contribution in [1.29, 1.82) is 0 Å². The van der Waals surface area contributed by atoms with Gasteiger partial charge in [-0.15, -0.1) is 0 Å². The van der Waals surface area contributed by atoms with Gasteiger partial charge in [0.15, 0.2) is 17.0 Å². The molecule has 1 rings (SSSR count). The number of nitrogens with one attached hydrogen (secondary N) is 3. The van der Waals surface area contributed by atoms with Crippen molar-refractivity contribution in [2.45, 2.75) is 76.6 Å². The molecule has 0 saturated heterocycles. The van der Waals surface area contributed by atoms with Gasteiger partial charge in [-0.2, -0.15) is 4.98 Å². The maximum absolute atomic E-state index is 12.4. The van der Waals surface area contributed by atoms with Crippen molar-refractivity contribution in [3.8, 4) is 0 Å². The van der Waals surface area contributed by atoms with Crippen molar-refractivity contribution in [1.82, 2.24) is 24.9 Å². The van der Waals surface area contributed by atoms with Gasteiger partial charge in [0.25, 0.3) is 0 Å². The number of nitrogens with two attached hydrogens (primary N) is 1. The summed E-state index contributed by atoms with van der Waals surface area (Å²) in [6, 6.07) is -3.25. The molecule has 1 aromatic heterocycles. The van der Waals surface area contributed by atoms with E-state index in [1.54, 1.807) is 0 Å². The lowest BCUT2D eigenvalue weighted by atomic mass is 10.1. The van der Waals surface area contributed by atoms with E-state index < -0.39 is 48.0 Å². The van der Waals surface area contributed by atoms with E-state index in [-0.39, 0.29) is 30.5 Å². The predicted molar refractivity (Wildman–Crippen MR) is 115 cm³/mol. The highest BCUT2D eigenvalue weighted by molar-refractivity contribution is 7.81. The Kier molecular flexibility index (Phi) is 13.1. The van der Waals surface area contributed by atoms with Gasteiger partial charge in [0.05, 0.1) is 18.8 Å². The zero-order valence-corrected chi connectivity index (χ0v) is 19.1. The number of amides is 1. The van der Waals surface area contributed by atoms with Crippen LogP contribution in [0.1, 0.15) is 76.2 Å². The van der Waals surface area contributed by atoms with Gasteiger partial charge in [0, 0.05) is 13.0 Å². The molecule has 0 radical (unpaired) electrons. The smallest absolute Gasteiger partial charge is 0.324 e. The van der Waals surface area contributed by atoms with E-state index in [4.69, 9.17) is 20.5 Å². The van der Waals surface area contributed by atoms with Crippen LogP contribution in [0.2, 0.25) is 0 Å². The fourth-order valence-electron chi connectivity index (χ4n) is 2.63. The molecule has 1 amide bonds. The van der Waals surface area contributed by atoms with Crippen LogP contribution in [0.15, 0.2) is 4.52 Å². The molecular formula is C18H34N6O7S. The van der Waals surface area contributed by atoms with Crippen LogP contribution in [0, 0.1) is 0 Å². The van der Waals surface area contributed by atoms with Crippen molar-refractivity contribution >= 4 is 23.0 Å². The Morgan fingerprint density at radius 3 is 2.56 bits per heavy atom. The van der Waals surface area contributed by atoms with Crippen LogP contribution in [-0.2, 0) is 20.8 Å². The second-order valence-electron chi connectivity index (χ2n) is 7.34. The number of hydrogen-bond acceptors (Lipinski definition) is 9. The molecule has 0 saturated carbocycles. The average Bonchev–Trinajstić information content (AvgIpc) is 3.23. The summed E-state index contributed by atoms with van der Waals surface area (Å²) in [7, 11) is 0. The molecule has 5 atom stereocenters. The van der Waals surface area contributed by atoms with Crippen LogP contribution in [0.3, 0.4) is 0 Å². The molecule has 0 aliphatic heterocycles. The van der Waals surface area contributed by atoms with E-state index in [0.717, 1.165) is 25.7 Å². The first-order chi connectivity index (χ1) is 15.2. The molecule has 0 aromatic carbocycles. The quantitative estimate of drug-likeness (QED) is 0.138. The molecule has 0 bridgehead atoms. The third-order valence-electron chi connectivity index (χ3n) is 4.53. The molecule has 0 fully saturated rings. The Morgan fingerprint density at radius 2 is 1.97 bits per heavy atom. The number of hydrogen-bond donors (Lipinski definition) is 7. The average molecular weight is 479 g/mol. The van der Waals surface area contributed by atoms with Gasteiger partial charge in [-0.05, 0) is 19.8 Å². The molecule has 13 nitrogen and oxygen atoms in total. The Bertz CT molecular complexity index is 732. The van der Waals surface area contributed by atoms with Crippen LogP contribution in [-0.4, -0.2) is 66.8 Å². The minimum absolute atomic E-state index is 0.0285. The number of unbranched alkanes of at least 4 members (excludes halogenated alkanes) is 3. The number of carbonyl (C=O) groups is 2. The topological polar surface area (TPSA) is 213 Å². The van der Waals surface area contributed by atoms with E-state index in [0.29, 0.717) is 6.54 Å². The third-order valence-corrected chi connectivity index (χ3v) is 5.49. The molecule has 14 heteroatoms. The van der Waals surface area contributed by atoms with Crippen molar-refractivity contribution in [3.63, 3.8) is 0 Å². The lowest BCUT2D eigenvalue weighted by molar-refractivity contribution is -0.141. The zero-order chi connectivity index (χ0) is 24.1. The normalized spacial score (nSPS) is 16.2. The van der Waals surface area contributed by atoms with Crippen LogP contribution in [0.25, 0.3) is 0 Å². The first kappa shape index (κ1) is 28.1. The highest BCUT2D eigenvalue weighted by Gasteiger charge is 2.28. The molecular weight excluding hydrogens is 444 g/mol. The minimum Gasteiger partial charge on any atom is -0.480 e. The van der Waals surface area contributed by atoms with Gasteiger partial charge in [0.2, 0.25) is 11.8 Å². The summed E-state index contributed by atoms with van der Waals surface area (Å²) >= 11 is -2.13. The van der Waals surface area contributed by atoms with E-state index in [9.17, 15) is 18.9 Å². The number of aliphatic carboxylic acids is 1. The van der Waals surface area contributed by atoms with Gasteiger partial charge in [-0.3, -0.25) is 9.59 Å². The number of aliphatic hydroxyl groups excluding tert-OH is 2. The summed E-state index contributed by atoms with van der Waals surface area (Å²) in [5.74, 6) is -1.60. The van der Waals surface area contributed by atoms with Crippen molar-refractivity contribution in [3.05, 3.63) is 11.7 Å². The maximum atomic E-state index is 12.4. The van der Waals surface area contributed by atoms with E-state index >= 15 is 0 Å². The molecule has 1 aromatic rings. The van der Waals surface area contributed by atoms with Gasteiger partial charge in [0.1, 0.15) is 12.1 Å². The lowest BCUT2D eigenvalue weighted by Crippen LogP contribution is -2.49. The Morgan fingerprint density at radius 1 is 1.25 bits per heavy atom. The first-order valence-corrected chi connectivity index (χ1v) is 11.7. The fraction of sp³-hybridized carbons (Fsp3) is 0.778. The Labute approximate surface area is 189 Å². The molecule has 5 unspecified atom stereocenters. The fourth-order valence-corrected chi connectivity index (χ4v) is 3.70. The Balaban J connectivity index is 2.78. The predicted octanol–water partition coefficient (Wildman–Crippen LogP) is -0.829. The summed E-state index contributed by atoms with van der Waals surface area (Å²) in [4.78, 5) is 27.4. The van der Waals surface area contributed by atoms with Crippen LogP contribution in [0.4, 0.5) is 0 Å². The summed E-state index contributed by atoms with van der Waals surface area (Å²) in [6.07, 6.45) is 2.93. The largest absolute Gasteiger partial charge is 0.480 e. The standard InChI is InChI=1S/C18H34N6O7S/c1-3-4-5-6-9-20-14(27)8-7-13(17-21-16(22-31-17)12(19)10-25)23-32(30)24-15(11(2)26)18(28)29/h11-13,15,23-26H,3-10,19H2,1-2H3,(H,20,27)(H,28,29). The van der Waals surface area contributed by atoms with Crippen LogP contribution < -0.4 is 20.5 Å². The monoisotopic (exact) mass is 478 g/mol. The van der Waals surface area contributed by atoms with Crippen molar-refractivity contribution in [2.24, 2.45) is 5.73 Å². The van der Waals surface area contributed by atoms with Crippen molar-refractivity contribution < 1.29 is 33.6 Å². The molecule has 8 N–H and O–H groups in total. The first-order valence-electron chi connectivity index (χ1n) is 10.5. The maximum Gasteiger partial charge on any atom is 0.324 e. The molecule has 1 heterocycles. The van der Waals surface area contributed by atoms with E-state index in [2.05, 4.69) is 31.8 Å². The van der Waals surface area contributed by atoms with Gasteiger partial charge in [-0.1, -0.05) is 31.3 Å². The van der Waals surface area contributed by atoms with Gasteiger partial charge in [-0.25, -0.2) is 13.7 Å². The molecule has 184 valence electrons. The zero-order valence-electron chi connectivity index (χ0n) is 18.3. The van der Waals surface area contributed by atoms with Gasteiger partial charge < -0.3 is 30.9 Å². The van der Waals surface area contributed by atoms with E-state index in [1.165, 1.54) is 6.92 Å². The summed E-state index contributed by atoms with van der Waals surface area (Å²) in [5.41, 5.74) is 5.67. The summed E-state index contributed by atoms with van der Waals surface area (Å²) < 4.78 is 22.4. The number of aliphatic hydroxyl groups is 2. The number of aromatic nitrogens is 2. The van der Waals surface area contributed by atoms with Crippen LogP contribution >= 0.6 is 0 Å². The second kappa shape index (κ2) is 15.0. The van der Waals surface area contributed by atoms with Crippen LogP contribution in [0.5, 0.6) is 0 Å². The highest BCUT2D eigenvalue weighted by atomic mass is 32.2. The molecule has 0 spiro atoms. The third kappa shape index (κ3) is 10.1. The number of nitrogens with zero attached hydrogens (tertiary/aromatic N) is 2. The number of rotatable bonds is 17. The van der Waals surface area contributed by atoms with Gasteiger partial charge >= 0.3 is 5.97 Å². The number of carboxylic acids is 1. The summed E-state index contributed by atoms with van der Waals surface area (Å²) in [6.45, 7) is 3.47. The summed E-state index contributed by atoms with van der Waals surface area (Å²) in [5, 5.41) is 34.3. The highest BCUT2D eigenvalue weighted by Crippen LogP contribution is 2.19. The second-order valence-corrected chi connectivity index (χ2v) is 8.35. The number of carbonyl (C=O) groups excluding carboxylic acids is 1. The lowest BCUT2D eigenvalue weighted by Gasteiger charge is -2.19. The number of carboxylic acid groups (broad SMARTS) is 1. The minimum atomic E-state index is -2.13. The Hall–Kier alpha value is -1.97. The molecule has 0 aliphatic carbocycles. The molecule has 32 heavy (non-hydrogen) atoms.